The summed E-state index contributed by atoms with van der Waals surface area (Å²) in [5.41, 5.74) is -0.480. The third-order valence-corrected chi connectivity index (χ3v) is 3.12. The minimum Gasteiger partial charge on any atom is -0.387 e. The Hall–Kier alpha value is -1.99. The molecule has 1 aromatic heterocycles. The van der Waals surface area contributed by atoms with Crippen molar-refractivity contribution in [2.24, 2.45) is 0 Å². The van der Waals surface area contributed by atoms with Gasteiger partial charge in [0.2, 0.25) is 0 Å². The highest BCUT2D eigenvalue weighted by atomic mass is 19.4. The number of nitrogens with zero attached hydrogens (tertiary/aromatic N) is 1. The van der Waals surface area contributed by atoms with Crippen LogP contribution in [-0.2, 0) is 12.7 Å². The summed E-state index contributed by atoms with van der Waals surface area (Å²) in [6, 6.07) is 5.77. The lowest BCUT2D eigenvalue weighted by molar-refractivity contribution is -0.138. The number of nitrogens with one attached hydrogen (secondary N) is 1. The van der Waals surface area contributed by atoms with Crippen molar-refractivity contribution in [1.82, 2.24) is 10.3 Å². The molecule has 3 nitrogen and oxygen atoms in total. The van der Waals surface area contributed by atoms with Crippen molar-refractivity contribution < 1.29 is 22.7 Å². The maximum atomic E-state index is 13.0. The number of rotatable bonds is 5. The number of aromatic nitrogens is 1. The van der Waals surface area contributed by atoms with Crippen molar-refractivity contribution in [3.05, 3.63) is 65.2 Å². The van der Waals surface area contributed by atoms with Crippen LogP contribution in [0.2, 0.25) is 0 Å². The zero-order valence-corrected chi connectivity index (χ0v) is 11.4. The number of hydrogen-bond donors (Lipinski definition) is 2. The minimum atomic E-state index is -4.62. The average molecular weight is 314 g/mol. The average Bonchev–Trinajstić information content (AvgIpc) is 2.48. The quantitative estimate of drug-likeness (QED) is 0.834. The summed E-state index contributed by atoms with van der Waals surface area (Å²) in [5.74, 6) is -0.937. The van der Waals surface area contributed by atoms with Crippen molar-refractivity contribution in [2.45, 2.75) is 18.8 Å². The van der Waals surface area contributed by atoms with Crippen LogP contribution in [0.4, 0.5) is 17.6 Å². The first-order valence-electron chi connectivity index (χ1n) is 6.52. The van der Waals surface area contributed by atoms with E-state index in [9.17, 15) is 22.7 Å². The van der Waals surface area contributed by atoms with E-state index in [1.165, 1.54) is 12.4 Å². The number of benzene rings is 1. The molecule has 0 aliphatic rings. The lowest BCUT2D eigenvalue weighted by atomic mass is 10.1. The van der Waals surface area contributed by atoms with E-state index in [-0.39, 0.29) is 18.7 Å². The molecule has 0 amide bonds. The number of aliphatic hydroxyl groups is 1. The summed E-state index contributed by atoms with van der Waals surface area (Å²) in [5, 5.41) is 12.6. The number of alkyl halides is 3. The maximum Gasteiger partial charge on any atom is 0.416 e. The summed E-state index contributed by atoms with van der Waals surface area (Å²) >= 11 is 0. The molecule has 2 N–H and O–H groups in total. The number of halogens is 4. The van der Waals surface area contributed by atoms with Crippen LogP contribution in [0.15, 0.2) is 42.7 Å². The fourth-order valence-electron chi connectivity index (χ4n) is 2.01. The van der Waals surface area contributed by atoms with E-state index >= 15 is 0 Å². The van der Waals surface area contributed by atoms with Gasteiger partial charge in [-0.05, 0) is 35.4 Å². The normalized spacial score (nSPS) is 13.1. The third kappa shape index (κ3) is 4.25. The van der Waals surface area contributed by atoms with E-state index in [0.717, 1.165) is 12.1 Å². The molecule has 1 atom stereocenters. The van der Waals surface area contributed by atoms with Gasteiger partial charge in [0.05, 0.1) is 11.7 Å². The molecule has 2 rings (SSSR count). The predicted octanol–water partition coefficient (Wildman–Crippen LogP) is 3.06. The van der Waals surface area contributed by atoms with E-state index in [4.69, 9.17) is 0 Å². The molecule has 118 valence electrons. The summed E-state index contributed by atoms with van der Waals surface area (Å²) in [6.45, 7) is -0.0596. The van der Waals surface area contributed by atoms with Gasteiger partial charge in [0, 0.05) is 25.5 Å². The second kappa shape index (κ2) is 6.85. The molecule has 2 aromatic rings. The smallest absolute Gasteiger partial charge is 0.387 e. The van der Waals surface area contributed by atoms with Gasteiger partial charge in [-0.1, -0.05) is 6.07 Å². The third-order valence-electron chi connectivity index (χ3n) is 3.12. The summed E-state index contributed by atoms with van der Waals surface area (Å²) in [7, 11) is 0. The van der Waals surface area contributed by atoms with Gasteiger partial charge in [0.1, 0.15) is 5.82 Å². The van der Waals surface area contributed by atoms with Gasteiger partial charge in [-0.25, -0.2) is 4.39 Å². The summed E-state index contributed by atoms with van der Waals surface area (Å²) < 4.78 is 51.5. The highest BCUT2D eigenvalue weighted by molar-refractivity contribution is 5.30. The Balaban J connectivity index is 2.00. The van der Waals surface area contributed by atoms with E-state index in [0.29, 0.717) is 11.6 Å². The number of aliphatic hydroxyl groups excluding tert-OH is 1. The molecule has 0 bridgehead atoms. The molecule has 0 saturated heterocycles. The highest BCUT2D eigenvalue weighted by Gasteiger charge is 2.33. The Morgan fingerprint density at radius 2 is 1.82 bits per heavy atom. The van der Waals surface area contributed by atoms with Gasteiger partial charge in [0.25, 0.3) is 0 Å². The van der Waals surface area contributed by atoms with E-state index in [1.807, 2.05) is 0 Å². The lowest BCUT2D eigenvalue weighted by Crippen LogP contribution is -2.23. The lowest BCUT2D eigenvalue weighted by Gasteiger charge is -2.15. The van der Waals surface area contributed by atoms with Crippen molar-refractivity contribution in [1.29, 1.82) is 0 Å². The summed E-state index contributed by atoms with van der Waals surface area (Å²) in [6.07, 6.45) is -2.46. The number of hydrogen-bond acceptors (Lipinski definition) is 3. The van der Waals surface area contributed by atoms with Crippen LogP contribution in [0.3, 0.4) is 0 Å². The van der Waals surface area contributed by atoms with Crippen LogP contribution in [0.1, 0.15) is 22.8 Å². The molecule has 0 fully saturated rings. The molecule has 22 heavy (non-hydrogen) atoms. The first-order chi connectivity index (χ1) is 10.4. The summed E-state index contributed by atoms with van der Waals surface area (Å²) in [4.78, 5) is 3.81. The molecule has 0 radical (unpaired) electrons. The Kier molecular flexibility index (Phi) is 5.10. The van der Waals surface area contributed by atoms with Crippen LogP contribution in [0.5, 0.6) is 0 Å². The second-order valence-electron chi connectivity index (χ2n) is 4.73. The van der Waals surface area contributed by atoms with Crippen LogP contribution in [0, 0.1) is 5.82 Å². The Labute approximate surface area is 124 Å². The van der Waals surface area contributed by atoms with Crippen LogP contribution in [-0.4, -0.2) is 16.6 Å². The van der Waals surface area contributed by atoms with Gasteiger partial charge >= 0.3 is 6.18 Å². The highest BCUT2D eigenvalue weighted by Crippen LogP contribution is 2.32. The Morgan fingerprint density at radius 3 is 2.45 bits per heavy atom. The van der Waals surface area contributed by atoms with Crippen molar-refractivity contribution in [3.63, 3.8) is 0 Å². The fourth-order valence-corrected chi connectivity index (χ4v) is 2.01. The molecule has 0 saturated carbocycles. The topological polar surface area (TPSA) is 45.1 Å². The van der Waals surface area contributed by atoms with Crippen LogP contribution < -0.4 is 5.32 Å². The molecular weight excluding hydrogens is 300 g/mol. The molecule has 7 heteroatoms. The van der Waals surface area contributed by atoms with Crippen molar-refractivity contribution in [3.8, 4) is 0 Å². The van der Waals surface area contributed by atoms with Crippen LogP contribution >= 0.6 is 0 Å². The van der Waals surface area contributed by atoms with Gasteiger partial charge in [0.15, 0.2) is 0 Å². The Bertz CT molecular complexity index is 617. The molecule has 0 aliphatic carbocycles. The molecule has 1 heterocycles. The van der Waals surface area contributed by atoms with Crippen molar-refractivity contribution in [2.75, 3.05) is 6.54 Å². The Morgan fingerprint density at radius 1 is 1.14 bits per heavy atom. The SMILES string of the molecule is OC(CNCc1ccc(F)cc1C(F)(F)F)c1ccncc1. The monoisotopic (exact) mass is 314 g/mol. The molecule has 0 aliphatic heterocycles. The largest absolute Gasteiger partial charge is 0.416 e. The zero-order chi connectivity index (χ0) is 16.2. The van der Waals surface area contributed by atoms with E-state index in [1.54, 1.807) is 12.1 Å². The van der Waals surface area contributed by atoms with E-state index < -0.39 is 23.7 Å². The molecule has 1 unspecified atom stereocenters. The first kappa shape index (κ1) is 16.4. The van der Waals surface area contributed by atoms with Crippen molar-refractivity contribution >= 4 is 0 Å². The zero-order valence-electron chi connectivity index (χ0n) is 11.4. The van der Waals surface area contributed by atoms with E-state index in [2.05, 4.69) is 10.3 Å². The van der Waals surface area contributed by atoms with Gasteiger partial charge < -0.3 is 10.4 Å². The molecule has 0 spiro atoms. The first-order valence-corrected chi connectivity index (χ1v) is 6.52. The van der Waals surface area contributed by atoms with Gasteiger partial charge in [-0.3, -0.25) is 4.98 Å². The molecular formula is C15H14F4N2O. The second-order valence-corrected chi connectivity index (χ2v) is 4.73. The van der Waals surface area contributed by atoms with Crippen LogP contribution in [0.25, 0.3) is 0 Å². The van der Waals surface area contributed by atoms with Gasteiger partial charge in [-0.15, -0.1) is 0 Å². The molecule has 1 aromatic carbocycles. The predicted molar refractivity (Wildman–Crippen MR) is 72.3 cm³/mol. The minimum absolute atomic E-state index is 0.0681. The van der Waals surface area contributed by atoms with Gasteiger partial charge in [-0.2, -0.15) is 13.2 Å². The maximum absolute atomic E-state index is 13.0. The number of pyridine rings is 1. The standard InChI is InChI=1S/C15H14F4N2O/c16-12-2-1-11(13(7-12)15(17,18)19)8-21-9-14(22)10-3-5-20-6-4-10/h1-7,14,21-22H,8-9H2. The fraction of sp³-hybridized carbons (Fsp3) is 0.267.